The first-order valence-electron chi connectivity index (χ1n) is 9.54. The standard InChI is InChI=1S/C21H29NO3/c1-16(18-9-10-18)22(15-17-7-3-2-4-8-17)19(23)13-21(14-20(24)25)11-5-6-12-21/h2-4,7-8,16,18H,5-6,9-15H2,1H3,(H,24,25). The van der Waals surface area contributed by atoms with Crippen LogP contribution in [-0.4, -0.2) is 27.9 Å². The second-order valence-corrected chi connectivity index (χ2v) is 8.04. The van der Waals surface area contributed by atoms with Gasteiger partial charge in [-0.15, -0.1) is 0 Å². The fourth-order valence-corrected chi connectivity index (χ4v) is 4.36. The van der Waals surface area contributed by atoms with E-state index in [9.17, 15) is 14.7 Å². The molecule has 0 heterocycles. The average Bonchev–Trinajstić information content (AvgIpc) is 3.34. The lowest BCUT2D eigenvalue weighted by Crippen LogP contribution is -2.42. The largest absolute Gasteiger partial charge is 0.481 e. The third-order valence-electron chi connectivity index (χ3n) is 6.03. The maximum Gasteiger partial charge on any atom is 0.303 e. The Morgan fingerprint density at radius 1 is 1.16 bits per heavy atom. The second-order valence-electron chi connectivity index (χ2n) is 8.04. The van der Waals surface area contributed by atoms with E-state index in [1.54, 1.807) is 0 Å². The highest BCUT2D eigenvalue weighted by Crippen LogP contribution is 2.45. The van der Waals surface area contributed by atoms with Crippen LogP contribution in [0, 0.1) is 11.3 Å². The van der Waals surface area contributed by atoms with Crippen LogP contribution < -0.4 is 0 Å². The van der Waals surface area contributed by atoms with Crippen LogP contribution in [0.25, 0.3) is 0 Å². The maximum absolute atomic E-state index is 13.2. The molecule has 136 valence electrons. The van der Waals surface area contributed by atoms with Crippen LogP contribution in [-0.2, 0) is 16.1 Å². The molecular weight excluding hydrogens is 314 g/mol. The van der Waals surface area contributed by atoms with E-state index in [0.29, 0.717) is 18.9 Å². The first-order valence-corrected chi connectivity index (χ1v) is 9.54. The minimum Gasteiger partial charge on any atom is -0.481 e. The predicted octanol–water partition coefficient (Wildman–Crippen LogP) is 4.24. The van der Waals surface area contributed by atoms with Crippen molar-refractivity contribution in [1.29, 1.82) is 0 Å². The summed E-state index contributed by atoms with van der Waals surface area (Å²) in [6.45, 7) is 2.78. The first kappa shape index (κ1) is 18.0. The summed E-state index contributed by atoms with van der Waals surface area (Å²) in [5.41, 5.74) is 0.809. The second kappa shape index (κ2) is 7.59. The minimum absolute atomic E-state index is 0.121. The molecule has 2 fully saturated rings. The predicted molar refractivity (Wildman–Crippen MR) is 96.9 cm³/mol. The van der Waals surface area contributed by atoms with Gasteiger partial charge in [-0.1, -0.05) is 43.2 Å². The van der Waals surface area contributed by atoms with Gasteiger partial charge in [-0.05, 0) is 49.5 Å². The summed E-state index contributed by atoms with van der Waals surface area (Å²) in [5.74, 6) is -0.0439. The van der Waals surface area contributed by atoms with Crippen molar-refractivity contribution in [2.45, 2.75) is 70.9 Å². The van der Waals surface area contributed by atoms with E-state index in [2.05, 4.69) is 19.1 Å². The van der Waals surface area contributed by atoms with E-state index in [-0.39, 0.29) is 23.8 Å². The Balaban J connectivity index is 1.74. The van der Waals surface area contributed by atoms with Gasteiger partial charge >= 0.3 is 5.97 Å². The van der Waals surface area contributed by atoms with Crippen LogP contribution in [0.15, 0.2) is 30.3 Å². The zero-order valence-electron chi connectivity index (χ0n) is 15.1. The third-order valence-corrected chi connectivity index (χ3v) is 6.03. The fourth-order valence-electron chi connectivity index (χ4n) is 4.36. The molecular formula is C21H29NO3. The lowest BCUT2D eigenvalue weighted by atomic mass is 9.79. The lowest BCUT2D eigenvalue weighted by Gasteiger charge is -2.34. The molecule has 1 aromatic carbocycles. The van der Waals surface area contributed by atoms with Gasteiger partial charge in [-0.3, -0.25) is 9.59 Å². The monoisotopic (exact) mass is 343 g/mol. The Kier molecular flexibility index (Phi) is 5.45. The van der Waals surface area contributed by atoms with Crippen LogP contribution in [0.2, 0.25) is 0 Å². The molecule has 0 saturated heterocycles. The van der Waals surface area contributed by atoms with Crippen LogP contribution in [0.4, 0.5) is 0 Å². The van der Waals surface area contributed by atoms with Crippen LogP contribution in [0.5, 0.6) is 0 Å². The Bertz CT molecular complexity index is 603. The van der Waals surface area contributed by atoms with Gasteiger partial charge in [0.15, 0.2) is 0 Å². The molecule has 2 aliphatic rings. The highest BCUT2D eigenvalue weighted by atomic mass is 16.4. The van der Waals surface area contributed by atoms with Gasteiger partial charge in [0, 0.05) is 19.0 Å². The van der Waals surface area contributed by atoms with Crippen molar-refractivity contribution in [1.82, 2.24) is 4.90 Å². The molecule has 2 saturated carbocycles. The molecule has 4 heteroatoms. The van der Waals surface area contributed by atoms with E-state index < -0.39 is 5.97 Å². The molecule has 0 aliphatic heterocycles. The smallest absolute Gasteiger partial charge is 0.303 e. The van der Waals surface area contributed by atoms with Crippen molar-refractivity contribution in [2.24, 2.45) is 11.3 Å². The molecule has 0 spiro atoms. The summed E-state index contributed by atoms with van der Waals surface area (Å²) in [7, 11) is 0. The molecule has 0 bridgehead atoms. The molecule has 3 rings (SSSR count). The van der Waals surface area contributed by atoms with Crippen LogP contribution in [0.3, 0.4) is 0 Å². The molecule has 2 aliphatic carbocycles. The SMILES string of the molecule is CC(C1CC1)N(Cc1ccccc1)C(=O)CC1(CC(=O)O)CCCC1. The average molecular weight is 343 g/mol. The number of amides is 1. The summed E-state index contributed by atoms with van der Waals surface area (Å²) < 4.78 is 0. The van der Waals surface area contributed by atoms with E-state index in [1.807, 2.05) is 23.1 Å². The number of nitrogens with zero attached hydrogens (tertiary/aromatic N) is 1. The molecule has 1 N–H and O–H groups in total. The maximum atomic E-state index is 13.2. The van der Waals surface area contributed by atoms with E-state index in [0.717, 1.165) is 31.2 Å². The number of rotatable bonds is 8. The Labute approximate surface area is 150 Å². The summed E-state index contributed by atoms with van der Waals surface area (Å²) in [4.78, 5) is 26.5. The van der Waals surface area contributed by atoms with Gasteiger partial charge in [0.1, 0.15) is 0 Å². The third kappa shape index (κ3) is 4.62. The number of hydrogen-bond donors (Lipinski definition) is 1. The summed E-state index contributed by atoms with van der Waals surface area (Å²) in [6, 6.07) is 10.3. The van der Waals surface area contributed by atoms with E-state index in [4.69, 9.17) is 0 Å². The summed E-state index contributed by atoms with van der Waals surface area (Å²) >= 11 is 0. The molecule has 0 radical (unpaired) electrons. The van der Waals surface area contributed by atoms with Gasteiger partial charge in [0.05, 0.1) is 6.42 Å². The number of hydrogen-bond acceptors (Lipinski definition) is 2. The number of carbonyl (C=O) groups is 2. The highest BCUT2D eigenvalue weighted by Gasteiger charge is 2.41. The quantitative estimate of drug-likeness (QED) is 0.768. The van der Waals surface area contributed by atoms with Gasteiger partial charge in [-0.2, -0.15) is 0 Å². The number of carboxylic acid groups (broad SMARTS) is 1. The van der Waals surface area contributed by atoms with E-state index >= 15 is 0 Å². The number of carboxylic acids is 1. The Morgan fingerprint density at radius 3 is 2.36 bits per heavy atom. The van der Waals surface area contributed by atoms with Crippen molar-refractivity contribution in [3.63, 3.8) is 0 Å². The number of benzene rings is 1. The topological polar surface area (TPSA) is 57.6 Å². The Hall–Kier alpha value is -1.84. The van der Waals surface area contributed by atoms with Gasteiger partial charge in [-0.25, -0.2) is 0 Å². The summed E-state index contributed by atoms with van der Waals surface area (Å²) in [6.07, 6.45) is 6.69. The minimum atomic E-state index is -0.778. The molecule has 4 nitrogen and oxygen atoms in total. The van der Waals surface area contributed by atoms with Crippen LogP contribution >= 0.6 is 0 Å². The Morgan fingerprint density at radius 2 is 1.80 bits per heavy atom. The number of aliphatic carboxylic acids is 1. The van der Waals surface area contributed by atoms with Crippen molar-refractivity contribution in [2.75, 3.05) is 0 Å². The normalized spacial score (nSPS) is 20.2. The zero-order chi connectivity index (χ0) is 17.9. The van der Waals surface area contributed by atoms with Gasteiger partial charge in [0.2, 0.25) is 5.91 Å². The van der Waals surface area contributed by atoms with Gasteiger partial charge < -0.3 is 10.0 Å². The van der Waals surface area contributed by atoms with Crippen molar-refractivity contribution >= 4 is 11.9 Å². The van der Waals surface area contributed by atoms with Crippen molar-refractivity contribution in [3.8, 4) is 0 Å². The fraction of sp³-hybridized carbons (Fsp3) is 0.619. The molecule has 1 amide bonds. The van der Waals surface area contributed by atoms with Gasteiger partial charge in [0.25, 0.3) is 0 Å². The van der Waals surface area contributed by atoms with Crippen molar-refractivity contribution < 1.29 is 14.7 Å². The molecule has 25 heavy (non-hydrogen) atoms. The first-order chi connectivity index (χ1) is 12.0. The zero-order valence-corrected chi connectivity index (χ0v) is 15.1. The lowest BCUT2D eigenvalue weighted by molar-refractivity contribution is -0.142. The highest BCUT2D eigenvalue weighted by molar-refractivity contribution is 5.78. The summed E-state index contributed by atoms with van der Waals surface area (Å²) in [5, 5.41) is 9.31. The van der Waals surface area contributed by atoms with E-state index in [1.165, 1.54) is 12.8 Å². The molecule has 1 unspecified atom stereocenters. The molecule has 1 aromatic rings. The van der Waals surface area contributed by atoms with Crippen LogP contribution in [0.1, 0.15) is 63.9 Å². The number of carbonyl (C=O) groups excluding carboxylic acids is 1. The molecule has 1 atom stereocenters. The molecule has 0 aromatic heterocycles. The van der Waals surface area contributed by atoms with Crippen molar-refractivity contribution in [3.05, 3.63) is 35.9 Å².